The molecule has 0 aromatic carbocycles. The Hall–Kier alpha value is -0.990. The Labute approximate surface area is 117 Å². The fourth-order valence-electron chi connectivity index (χ4n) is 3.27. The van der Waals surface area contributed by atoms with Crippen LogP contribution in [-0.2, 0) is 13.0 Å². The SMILES string of the molecule is CCCc1nc(C2CCCCCC2)c(N)n1CCC. The molecule has 2 rings (SSSR count). The Morgan fingerprint density at radius 1 is 1.11 bits per heavy atom. The topological polar surface area (TPSA) is 43.8 Å². The van der Waals surface area contributed by atoms with Crippen molar-refractivity contribution in [1.29, 1.82) is 0 Å². The van der Waals surface area contributed by atoms with Crippen molar-refractivity contribution in [1.82, 2.24) is 9.55 Å². The smallest absolute Gasteiger partial charge is 0.127 e. The van der Waals surface area contributed by atoms with Crippen molar-refractivity contribution in [3.05, 3.63) is 11.5 Å². The van der Waals surface area contributed by atoms with E-state index in [9.17, 15) is 0 Å². The Bertz CT molecular complexity index is 387. The van der Waals surface area contributed by atoms with Crippen molar-refractivity contribution in [3.63, 3.8) is 0 Å². The maximum atomic E-state index is 6.40. The second-order valence-corrected chi connectivity index (χ2v) is 5.89. The molecule has 2 N–H and O–H groups in total. The number of anilines is 1. The number of aromatic nitrogens is 2. The minimum Gasteiger partial charge on any atom is -0.384 e. The van der Waals surface area contributed by atoms with Gasteiger partial charge in [0.15, 0.2) is 0 Å². The molecule has 3 heteroatoms. The summed E-state index contributed by atoms with van der Waals surface area (Å²) in [6.07, 6.45) is 11.3. The van der Waals surface area contributed by atoms with Crippen LogP contribution in [0.2, 0.25) is 0 Å². The second-order valence-electron chi connectivity index (χ2n) is 5.89. The van der Waals surface area contributed by atoms with Crippen molar-refractivity contribution in [2.45, 2.75) is 84.1 Å². The summed E-state index contributed by atoms with van der Waals surface area (Å²) in [5.41, 5.74) is 7.61. The van der Waals surface area contributed by atoms with Crippen molar-refractivity contribution in [3.8, 4) is 0 Å². The fraction of sp³-hybridized carbons (Fsp3) is 0.812. The molecule has 1 aromatic heterocycles. The van der Waals surface area contributed by atoms with Crippen molar-refractivity contribution >= 4 is 5.82 Å². The molecule has 1 saturated carbocycles. The molecule has 0 radical (unpaired) electrons. The molecule has 0 unspecified atom stereocenters. The lowest BCUT2D eigenvalue weighted by Gasteiger charge is -2.13. The van der Waals surface area contributed by atoms with Crippen molar-refractivity contribution < 1.29 is 0 Å². The average molecular weight is 263 g/mol. The van der Waals surface area contributed by atoms with E-state index in [4.69, 9.17) is 10.7 Å². The van der Waals surface area contributed by atoms with Crippen LogP contribution >= 0.6 is 0 Å². The summed E-state index contributed by atoms with van der Waals surface area (Å²) in [6, 6.07) is 0. The molecule has 0 amide bonds. The van der Waals surface area contributed by atoms with Crippen LogP contribution in [-0.4, -0.2) is 9.55 Å². The van der Waals surface area contributed by atoms with Gasteiger partial charge in [0, 0.05) is 18.9 Å². The van der Waals surface area contributed by atoms with Crippen LogP contribution in [0.25, 0.3) is 0 Å². The van der Waals surface area contributed by atoms with Crippen LogP contribution in [0.1, 0.15) is 82.7 Å². The van der Waals surface area contributed by atoms with Gasteiger partial charge in [0.05, 0.1) is 5.69 Å². The van der Waals surface area contributed by atoms with Crippen LogP contribution in [0.4, 0.5) is 5.82 Å². The summed E-state index contributed by atoms with van der Waals surface area (Å²) in [5.74, 6) is 2.77. The van der Waals surface area contributed by atoms with Crippen LogP contribution in [0.3, 0.4) is 0 Å². The van der Waals surface area contributed by atoms with Gasteiger partial charge in [-0.3, -0.25) is 0 Å². The first-order valence-corrected chi connectivity index (χ1v) is 8.12. The summed E-state index contributed by atoms with van der Waals surface area (Å²) in [4.78, 5) is 4.92. The number of nitrogens with two attached hydrogens (primary N) is 1. The van der Waals surface area contributed by atoms with E-state index in [-0.39, 0.29) is 0 Å². The van der Waals surface area contributed by atoms with Crippen LogP contribution in [0.5, 0.6) is 0 Å². The van der Waals surface area contributed by atoms with Crippen LogP contribution < -0.4 is 5.73 Å². The van der Waals surface area contributed by atoms with E-state index in [0.29, 0.717) is 5.92 Å². The van der Waals surface area contributed by atoms with E-state index < -0.39 is 0 Å². The lowest BCUT2D eigenvalue weighted by Crippen LogP contribution is -2.08. The lowest BCUT2D eigenvalue weighted by atomic mass is 9.96. The number of rotatable bonds is 5. The monoisotopic (exact) mass is 263 g/mol. The first-order chi connectivity index (χ1) is 9.27. The molecule has 0 spiro atoms. The third-order valence-electron chi connectivity index (χ3n) is 4.28. The third-order valence-corrected chi connectivity index (χ3v) is 4.28. The highest BCUT2D eigenvalue weighted by Crippen LogP contribution is 2.34. The quantitative estimate of drug-likeness (QED) is 0.806. The number of aryl methyl sites for hydroxylation is 1. The molecule has 0 saturated heterocycles. The van der Waals surface area contributed by atoms with Crippen LogP contribution in [0, 0.1) is 0 Å². The molecule has 108 valence electrons. The van der Waals surface area contributed by atoms with E-state index in [1.54, 1.807) is 0 Å². The molecule has 1 aliphatic rings. The summed E-state index contributed by atoms with van der Waals surface area (Å²) >= 11 is 0. The zero-order valence-electron chi connectivity index (χ0n) is 12.6. The zero-order valence-corrected chi connectivity index (χ0v) is 12.6. The summed E-state index contributed by atoms with van der Waals surface area (Å²) in [7, 11) is 0. The molecule has 0 atom stereocenters. The largest absolute Gasteiger partial charge is 0.384 e. The molecule has 3 nitrogen and oxygen atoms in total. The van der Waals surface area contributed by atoms with Gasteiger partial charge in [-0.1, -0.05) is 39.5 Å². The maximum absolute atomic E-state index is 6.40. The number of hydrogen-bond donors (Lipinski definition) is 1. The van der Waals surface area contributed by atoms with Gasteiger partial charge in [0.1, 0.15) is 11.6 Å². The number of nitrogen functional groups attached to an aromatic ring is 1. The third kappa shape index (κ3) is 3.31. The van der Waals surface area contributed by atoms with Gasteiger partial charge in [-0.25, -0.2) is 4.98 Å². The van der Waals surface area contributed by atoms with Gasteiger partial charge in [-0.05, 0) is 25.7 Å². The first kappa shape index (κ1) is 14.4. The van der Waals surface area contributed by atoms with E-state index in [2.05, 4.69) is 18.4 Å². The van der Waals surface area contributed by atoms with Gasteiger partial charge in [-0.2, -0.15) is 0 Å². The molecular formula is C16H29N3. The van der Waals surface area contributed by atoms with Gasteiger partial charge < -0.3 is 10.3 Å². The molecule has 1 aromatic rings. The lowest BCUT2D eigenvalue weighted by molar-refractivity contribution is 0.580. The molecule has 0 aliphatic heterocycles. The molecule has 1 fully saturated rings. The summed E-state index contributed by atoms with van der Waals surface area (Å²) in [5, 5.41) is 0. The average Bonchev–Trinajstić information content (AvgIpc) is 2.62. The predicted octanol–water partition coefficient (Wildman–Crippen LogP) is 4.27. The highest BCUT2D eigenvalue weighted by Gasteiger charge is 2.22. The standard InChI is InChI=1S/C16H29N3/c1-3-9-14-18-15(16(17)19(14)12-4-2)13-10-7-5-6-8-11-13/h13H,3-12,17H2,1-2H3. The van der Waals surface area contributed by atoms with E-state index in [1.807, 2.05) is 0 Å². The summed E-state index contributed by atoms with van der Waals surface area (Å²) < 4.78 is 2.27. The normalized spacial score (nSPS) is 17.6. The Morgan fingerprint density at radius 3 is 2.37 bits per heavy atom. The summed E-state index contributed by atoms with van der Waals surface area (Å²) in [6.45, 7) is 5.44. The van der Waals surface area contributed by atoms with Gasteiger partial charge in [0.2, 0.25) is 0 Å². The first-order valence-electron chi connectivity index (χ1n) is 8.12. The highest BCUT2D eigenvalue weighted by molar-refractivity contribution is 5.41. The number of nitrogens with zero attached hydrogens (tertiary/aromatic N) is 2. The fourth-order valence-corrected chi connectivity index (χ4v) is 3.27. The second kappa shape index (κ2) is 6.97. The van der Waals surface area contributed by atoms with E-state index in [1.165, 1.54) is 50.0 Å². The molecule has 0 bridgehead atoms. The van der Waals surface area contributed by atoms with E-state index >= 15 is 0 Å². The number of hydrogen-bond acceptors (Lipinski definition) is 2. The molecule has 19 heavy (non-hydrogen) atoms. The van der Waals surface area contributed by atoms with Gasteiger partial charge >= 0.3 is 0 Å². The Morgan fingerprint density at radius 2 is 1.79 bits per heavy atom. The van der Waals surface area contributed by atoms with Crippen molar-refractivity contribution in [2.24, 2.45) is 0 Å². The molecule has 1 aliphatic carbocycles. The number of imidazole rings is 1. The van der Waals surface area contributed by atoms with Gasteiger partial charge in [-0.15, -0.1) is 0 Å². The highest BCUT2D eigenvalue weighted by atomic mass is 15.1. The maximum Gasteiger partial charge on any atom is 0.127 e. The molecule has 1 heterocycles. The Balaban J connectivity index is 2.25. The molecular weight excluding hydrogens is 234 g/mol. The zero-order chi connectivity index (χ0) is 13.7. The minimum atomic E-state index is 0.608. The van der Waals surface area contributed by atoms with Crippen molar-refractivity contribution in [2.75, 3.05) is 5.73 Å². The minimum absolute atomic E-state index is 0.608. The van der Waals surface area contributed by atoms with E-state index in [0.717, 1.165) is 31.6 Å². The Kier molecular flexibility index (Phi) is 5.29. The van der Waals surface area contributed by atoms with Gasteiger partial charge in [0.25, 0.3) is 0 Å². The predicted molar refractivity (Wildman–Crippen MR) is 81.4 cm³/mol. The van der Waals surface area contributed by atoms with Crippen LogP contribution in [0.15, 0.2) is 0 Å².